The third-order valence-corrected chi connectivity index (χ3v) is 12.4. The van der Waals surface area contributed by atoms with Crippen LogP contribution in [0.5, 0.6) is 11.5 Å². The minimum atomic E-state index is -3.54. The van der Waals surface area contributed by atoms with E-state index in [4.69, 9.17) is 4.74 Å². The number of halogens is 2. The van der Waals surface area contributed by atoms with Crippen LogP contribution in [0.3, 0.4) is 0 Å². The van der Waals surface area contributed by atoms with E-state index in [1.165, 1.54) is 11.9 Å². The number of nitrogens with zero attached hydrogens (tertiary/aromatic N) is 2. The second-order valence-corrected chi connectivity index (χ2v) is 20.1. The number of benzene rings is 2. The van der Waals surface area contributed by atoms with Gasteiger partial charge in [-0.3, -0.25) is 14.4 Å². The highest BCUT2D eigenvalue weighted by molar-refractivity contribution is 7.88. The van der Waals surface area contributed by atoms with Crippen LogP contribution in [-0.2, 0) is 30.8 Å². The molecule has 0 radical (unpaired) electrons. The summed E-state index contributed by atoms with van der Waals surface area (Å²) in [6.45, 7) is 15.1. The van der Waals surface area contributed by atoms with Crippen molar-refractivity contribution in [2.75, 3.05) is 32.9 Å². The third kappa shape index (κ3) is 11.9. The number of ether oxygens (including phenoxy) is 1. The van der Waals surface area contributed by atoms with Gasteiger partial charge in [0.2, 0.25) is 34.2 Å². The Labute approximate surface area is 336 Å². The van der Waals surface area contributed by atoms with Gasteiger partial charge in [-0.25, -0.2) is 26.3 Å². The first kappa shape index (κ1) is 45.4. The summed E-state index contributed by atoms with van der Waals surface area (Å²) < 4.78 is 58.9. The Hall–Kier alpha value is -4.31. The van der Waals surface area contributed by atoms with E-state index >= 15 is 0 Å². The van der Waals surface area contributed by atoms with Gasteiger partial charge in [0.15, 0.2) is 0 Å². The molecule has 2 aromatic rings. The van der Waals surface area contributed by atoms with E-state index in [0.717, 1.165) is 16.1 Å². The largest absolute Gasteiger partial charge is 0.457 e. The Bertz CT molecular complexity index is 1850. The van der Waals surface area contributed by atoms with Gasteiger partial charge in [0, 0.05) is 39.1 Å². The maximum absolute atomic E-state index is 14.4. The van der Waals surface area contributed by atoms with Gasteiger partial charge in [-0.2, -0.15) is 0 Å². The van der Waals surface area contributed by atoms with Gasteiger partial charge in [-0.05, 0) is 64.3 Å². The molecule has 0 unspecified atom stereocenters. The number of alkyl halides is 2. The Morgan fingerprint density at radius 3 is 2.05 bits per heavy atom. The molecule has 316 valence electrons. The van der Waals surface area contributed by atoms with E-state index in [-0.39, 0.29) is 36.9 Å². The molecule has 2 aliphatic rings. The van der Waals surface area contributed by atoms with Gasteiger partial charge in [0.05, 0.1) is 6.26 Å². The predicted molar refractivity (Wildman–Crippen MR) is 214 cm³/mol. The number of piperidine rings is 1. The number of nitrogens with one attached hydrogen (secondary N) is 4. The van der Waals surface area contributed by atoms with Crippen LogP contribution >= 0.6 is 0 Å². The van der Waals surface area contributed by atoms with Gasteiger partial charge in [0.1, 0.15) is 29.6 Å². The van der Waals surface area contributed by atoms with Gasteiger partial charge in [-0.15, -0.1) is 0 Å². The SMILES string of the molecule is CN(C[C@@H](NC(=O)N[C@H](C(=O)N1C[C@H]2[C@@H]([C@H]1C(=O)N[C@@H](CC(F)F)C(=O)NCCc1ccc(Oc3ccccc3)cc1)C2(C)C)C(C)(C)C)C(C)(C)C)S(C)(=O)=O. The topological polar surface area (TPSA) is 166 Å². The number of amides is 5. The van der Waals surface area contributed by atoms with Crippen molar-refractivity contribution in [2.24, 2.45) is 28.1 Å². The molecule has 0 aromatic heterocycles. The normalized spacial score (nSPS) is 20.6. The molecule has 0 bridgehead atoms. The standard InChI is InChI=1S/C41H60F2N6O7S/c1-39(2,3)30(24-48(9)57(10,54)55)46-38(53)47-34(40(4,5)6)37(52)49-23-28-32(41(28,7)8)33(49)36(51)45-29(22-31(42)43)35(50)44-21-20-25-16-18-27(19-17-25)56-26-14-12-11-13-15-26/h11-19,28-34H,20-24H2,1-10H3,(H,44,50)(H,45,51)(H2,46,47,53)/t28-,29-,30+,32-,33-,34+/m0/s1. The molecule has 1 saturated heterocycles. The lowest BCUT2D eigenvalue weighted by Crippen LogP contribution is -2.62. The van der Waals surface area contributed by atoms with Crippen molar-refractivity contribution in [3.8, 4) is 11.5 Å². The van der Waals surface area contributed by atoms with Crippen molar-refractivity contribution in [3.63, 3.8) is 0 Å². The summed E-state index contributed by atoms with van der Waals surface area (Å²) in [4.78, 5) is 56.7. The summed E-state index contributed by atoms with van der Waals surface area (Å²) in [5.41, 5.74) is -0.855. The van der Waals surface area contributed by atoms with E-state index in [1.807, 2.05) is 77.1 Å². The van der Waals surface area contributed by atoms with E-state index in [0.29, 0.717) is 17.9 Å². The zero-order valence-electron chi connectivity index (χ0n) is 34.7. The number of carbonyl (C=O) groups excluding carboxylic acids is 4. The fraction of sp³-hybridized carbons (Fsp3) is 0.610. The molecule has 57 heavy (non-hydrogen) atoms. The van der Waals surface area contributed by atoms with Crippen molar-refractivity contribution >= 4 is 33.8 Å². The quantitative estimate of drug-likeness (QED) is 0.189. The van der Waals surface area contributed by atoms with E-state index in [1.54, 1.807) is 32.9 Å². The molecular formula is C41H60F2N6O7S. The minimum absolute atomic E-state index is 0.0121. The van der Waals surface area contributed by atoms with Crippen molar-refractivity contribution in [1.29, 1.82) is 0 Å². The lowest BCUT2D eigenvalue weighted by atomic mass is 9.85. The van der Waals surface area contributed by atoms with Crippen LogP contribution in [-0.4, -0.2) is 105 Å². The summed E-state index contributed by atoms with van der Waals surface area (Å²) in [6.07, 6.45) is -2.35. The van der Waals surface area contributed by atoms with Crippen molar-refractivity contribution < 1.29 is 41.1 Å². The van der Waals surface area contributed by atoms with Gasteiger partial charge >= 0.3 is 6.03 Å². The van der Waals surface area contributed by atoms with Gasteiger partial charge in [0.25, 0.3) is 0 Å². The van der Waals surface area contributed by atoms with Crippen molar-refractivity contribution in [2.45, 2.75) is 98.8 Å². The van der Waals surface area contributed by atoms with Crippen LogP contribution in [0.25, 0.3) is 0 Å². The number of carbonyl (C=O) groups is 4. The molecular weight excluding hydrogens is 759 g/mol. The molecule has 6 atom stereocenters. The summed E-state index contributed by atoms with van der Waals surface area (Å²) in [6, 6.07) is 11.5. The fourth-order valence-electron chi connectivity index (χ4n) is 7.36. The molecule has 4 rings (SSSR count). The van der Waals surface area contributed by atoms with Gasteiger partial charge < -0.3 is 30.9 Å². The molecule has 4 N–H and O–H groups in total. The van der Waals surface area contributed by atoms with Crippen LogP contribution in [0, 0.1) is 28.1 Å². The number of hydrogen-bond acceptors (Lipinski definition) is 7. The molecule has 13 nitrogen and oxygen atoms in total. The third-order valence-electron chi connectivity index (χ3n) is 11.2. The van der Waals surface area contributed by atoms with Crippen molar-refractivity contribution in [1.82, 2.24) is 30.5 Å². The highest BCUT2D eigenvalue weighted by atomic mass is 32.2. The van der Waals surface area contributed by atoms with Crippen LogP contribution in [0.1, 0.15) is 67.4 Å². The summed E-state index contributed by atoms with van der Waals surface area (Å²) >= 11 is 0. The van der Waals surface area contributed by atoms with Crippen molar-refractivity contribution in [3.05, 3.63) is 60.2 Å². The maximum Gasteiger partial charge on any atom is 0.315 e. The number of likely N-dealkylation sites (N-methyl/N-ethyl adjacent to an activating group) is 1. The molecule has 2 fully saturated rings. The molecule has 1 saturated carbocycles. The Kier molecular flexibility index (Phi) is 14.1. The van der Waals surface area contributed by atoms with Crippen LogP contribution in [0.15, 0.2) is 54.6 Å². The second kappa shape index (κ2) is 17.7. The maximum atomic E-state index is 14.4. The first-order chi connectivity index (χ1) is 26.3. The number of urea groups is 1. The molecule has 2 aromatic carbocycles. The zero-order valence-corrected chi connectivity index (χ0v) is 35.5. The summed E-state index contributed by atoms with van der Waals surface area (Å²) in [5.74, 6) is -1.05. The molecule has 1 aliphatic heterocycles. The highest BCUT2D eigenvalue weighted by Gasteiger charge is 2.70. The smallest absolute Gasteiger partial charge is 0.315 e. The average Bonchev–Trinajstić information content (AvgIpc) is 3.40. The predicted octanol–water partition coefficient (Wildman–Crippen LogP) is 4.78. The molecule has 5 amide bonds. The first-order valence-electron chi connectivity index (χ1n) is 19.3. The molecule has 1 heterocycles. The van der Waals surface area contributed by atoms with E-state index < -0.39 is 81.6 Å². The highest BCUT2D eigenvalue weighted by Crippen LogP contribution is 2.65. The van der Waals surface area contributed by atoms with Crippen LogP contribution in [0.4, 0.5) is 13.6 Å². The molecule has 1 aliphatic carbocycles. The van der Waals surface area contributed by atoms with Crippen LogP contribution in [0.2, 0.25) is 0 Å². The summed E-state index contributed by atoms with van der Waals surface area (Å²) in [7, 11) is -2.13. The molecule has 16 heteroatoms. The lowest BCUT2D eigenvalue weighted by Gasteiger charge is -2.39. The fourth-order valence-corrected chi connectivity index (χ4v) is 7.78. The number of fused-ring (bicyclic) bond motifs is 1. The monoisotopic (exact) mass is 818 g/mol. The number of sulfonamides is 1. The minimum Gasteiger partial charge on any atom is -0.457 e. The Morgan fingerprint density at radius 1 is 0.912 bits per heavy atom. The Balaban J connectivity index is 1.44. The number of hydrogen-bond donors (Lipinski definition) is 4. The number of para-hydroxylation sites is 1. The molecule has 0 spiro atoms. The van der Waals surface area contributed by atoms with E-state index in [2.05, 4.69) is 21.3 Å². The number of rotatable bonds is 16. The average molecular weight is 819 g/mol. The first-order valence-corrected chi connectivity index (χ1v) is 21.1. The summed E-state index contributed by atoms with van der Waals surface area (Å²) in [5, 5.41) is 10.8. The van der Waals surface area contributed by atoms with Crippen LogP contribution < -0.4 is 26.0 Å². The second-order valence-electron chi connectivity index (χ2n) is 18.1. The number of likely N-dealkylation sites (tertiary alicyclic amines) is 1. The Morgan fingerprint density at radius 2 is 1.51 bits per heavy atom. The van der Waals surface area contributed by atoms with E-state index in [9.17, 15) is 36.4 Å². The lowest BCUT2D eigenvalue weighted by molar-refractivity contribution is -0.144. The van der Waals surface area contributed by atoms with Gasteiger partial charge in [-0.1, -0.05) is 85.7 Å². The zero-order chi connectivity index (χ0) is 42.7.